The molecule has 0 spiro atoms. The summed E-state index contributed by atoms with van der Waals surface area (Å²) in [5.41, 5.74) is 1.34. The third-order valence-corrected chi connectivity index (χ3v) is 5.91. The average molecular weight is 521 g/mol. The molecule has 0 saturated carbocycles. The number of rotatable bonds is 7. The number of carbonyl (C=O) groups is 1. The molecule has 38 heavy (non-hydrogen) atoms. The van der Waals surface area contributed by atoms with Crippen molar-refractivity contribution in [1.82, 2.24) is 10.1 Å². The molecule has 0 aliphatic carbocycles. The fourth-order valence-electron chi connectivity index (χ4n) is 3.73. The normalized spacial score (nSPS) is 13.9. The first-order chi connectivity index (χ1) is 18.3. The van der Waals surface area contributed by atoms with Crippen molar-refractivity contribution < 1.29 is 23.2 Å². The van der Waals surface area contributed by atoms with Gasteiger partial charge in [0, 0.05) is 48.4 Å². The Labute approximate surface area is 222 Å². The molecule has 2 heterocycles. The largest absolute Gasteiger partial charge is 0.493 e. The van der Waals surface area contributed by atoms with Crippen LogP contribution in [-0.2, 0) is 10.2 Å². The van der Waals surface area contributed by atoms with Crippen LogP contribution >= 0.6 is 0 Å². The van der Waals surface area contributed by atoms with Gasteiger partial charge in [0.15, 0.2) is 5.82 Å². The van der Waals surface area contributed by atoms with Crippen molar-refractivity contribution in [2.45, 2.75) is 32.6 Å². The lowest BCUT2D eigenvalue weighted by Crippen LogP contribution is -2.37. The van der Waals surface area contributed by atoms with Crippen molar-refractivity contribution in [3.8, 4) is 17.6 Å². The van der Waals surface area contributed by atoms with Crippen LogP contribution in [0.4, 0.5) is 20.7 Å². The Morgan fingerprint density at radius 2 is 1.84 bits per heavy atom. The molecule has 0 atom stereocenters. The zero-order chi connectivity index (χ0) is 27.0. The maximum atomic E-state index is 14.5. The van der Waals surface area contributed by atoms with E-state index in [1.165, 1.54) is 6.07 Å². The van der Waals surface area contributed by atoms with Gasteiger partial charge in [-0.15, -0.1) is 0 Å². The van der Waals surface area contributed by atoms with Gasteiger partial charge in [-0.3, -0.25) is 10.2 Å². The highest BCUT2D eigenvalue weighted by molar-refractivity contribution is 5.99. The Hall–Kier alpha value is -3.87. The molecular weight excluding hydrogens is 487 g/mol. The first-order valence-electron chi connectivity index (χ1n) is 12.7. The Bertz CT molecular complexity index is 1280. The Morgan fingerprint density at radius 1 is 1.08 bits per heavy atom. The predicted molar refractivity (Wildman–Crippen MR) is 144 cm³/mol. The smallest absolute Gasteiger partial charge is 0.324 e. The Kier molecular flexibility index (Phi) is 9.00. The second-order valence-corrected chi connectivity index (χ2v) is 10.0. The lowest BCUT2D eigenvalue weighted by atomic mass is 9.93. The molecule has 0 bridgehead atoms. The fraction of sp³-hybridized carbons (Fsp3) is 0.379. The summed E-state index contributed by atoms with van der Waals surface area (Å²) in [7, 11) is 0. The first kappa shape index (κ1) is 27.2. The third-order valence-electron chi connectivity index (χ3n) is 5.91. The minimum atomic E-state index is -0.442. The van der Waals surface area contributed by atoms with Crippen molar-refractivity contribution in [2.75, 3.05) is 50.1 Å². The van der Waals surface area contributed by atoms with E-state index in [0.717, 1.165) is 39.3 Å². The highest BCUT2D eigenvalue weighted by atomic mass is 19.1. The number of halogens is 1. The summed E-state index contributed by atoms with van der Waals surface area (Å²) in [6.07, 6.45) is 0.869. The van der Waals surface area contributed by atoms with Gasteiger partial charge >= 0.3 is 6.03 Å². The molecule has 3 aromatic rings. The molecule has 1 aromatic heterocycles. The van der Waals surface area contributed by atoms with Gasteiger partial charge in [0.25, 0.3) is 0 Å². The summed E-state index contributed by atoms with van der Waals surface area (Å²) in [5, 5.41) is 9.25. The number of amides is 2. The number of aromatic nitrogens is 1. The minimum Gasteiger partial charge on any atom is -0.493 e. The number of benzene rings is 2. The number of carbonyl (C=O) groups excluding carboxylic acids is 1. The van der Waals surface area contributed by atoms with Crippen LogP contribution in [0.3, 0.4) is 0 Å². The molecule has 1 aliphatic rings. The van der Waals surface area contributed by atoms with E-state index in [-0.39, 0.29) is 11.0 Å². The minimum absolute atomic E-state index is 0.206. The van der Waals surface area contributed by atoms with E-state index in [1.54, 1.807) is 42.5 Å². The van der Waals surface area contributed by atoms with Gasteiger partial charge < -0.3 is 19.3 Å². The van der Waals surface area contributed by atoms with Crippen LogP contribution in [0, 0.1) is 17.7 Å². The van der Waals surface area contributed by atoms with Gasteiger partial charge in [-0.25, -0.2) is 9.18 Å². The van der Waals surface area contributed by atoms with Gasteiger partial charge in [-0.1, -0.05) is 37.8 Å². The highest BCUT2D eigenvalue weighted by Crippen LogP contribution is 2.24. The van der Waals surface area contributed by atoms with Crippen LogP contribution < -0.4 is 15.4 Å². The van der Waals surface area contributed by atoms with Crippen LogP contribution in [0.5, 0.6) is 5.75 Å². The maximum absolute atomic E-state index is 14.5. The summed E-state index contributed by atoms with van der Waals surface area (Å²) in [4.78, 5) is 14.6. The van der Waals surface area contributed by atoms with E-state index in [9.17, 15) is 9.18 Å². The summed E-state index contributed by atoms with van der Waals surface area (Å²) in [6, 6.07) is 12.9. The molecule has 1 saturated heterocycles. The number of nitrogens with one attached hydrogen (secondary N) is 2. The number of nitrogens with zero attached hydrogens (tertiary/aromatic N) is 2. The van der Waals surface area contributed by atoms with E-state index in [2.05, 4.69) is 32.5 Å². The summed E-state index contributed by atoms with van der Waals surface area (Å²) in [5.74, 6) is 6.88. The highest BCUT2D eigenvalue weighted by Gasteiger charge is 2.20. The number of morpholine rings is 1. The number of ether oxygens (including phenoxy) is 2. The van der Waals surface area contributed by atoms with Gasteiger partial charge in [-0.2, -0.15) is 0 Å². The summed E-state index contributed by atoms with van der Waals surface area (Å²) >= 11 is 0. The van der Waals surface area contributed by atoms with Crippen molar-refractivity contribution in [1.29, 1.82) is 0 Å². The molecule has 9 heteroatoms. The predicted octanol–water partition coefficient (Wildman–Crippen LogP) is 5.26. The quantitative estimate of drug-likeness (QED) is 0.327. The summed E-state index contributed by atoms with van der Waals surface area (Å²) < 4.78 is 30.9. The molecule has 2 N–H and O–H groups in total. The maximum Gasteiger partial charge on any atom is 0.324 e. The Balaban J connectivity index is 1.25. The van der Waals surface area contributed by atoms with Gasteiger partial charge in [0.2, 0.25) is 0 Å². The molecule has 4 rings (SSSR count). The second-order valence-electron chi connectivity index (χ2n) is 10.0. The number of anilines is 2. The summed E-state index contributed by atoms with van der Waals surface area (Å²) in [6.45, 7) is 10.9. The van der Waals surface area contributed by atoms with E-state index >= 15 is 0 Å². The van der Waals surface area contributed by atoms with Gasteiger partial charge in [0.1, 0.15) is 17.3 Å². The van der Waals surface area contributed by atoms with Crippen LogP contribution in [0.2, 0.25) is 0 Å². The van der Waals surface area contributed by atoms with Crippen molar-refractivity contribution in [3.05, 3.63) is 71.2 Å². The molecule has 2 aromatic carbocycles. The first-order valence-corrected chi connectivity index (χ1v) is 12.7. The van der Waals surface area contributed by atoms with Crippen LogP contribution in [0.25, 0.3) is 0 Å². The zero-order valence-corrected chi connectivity index (χ0v) is 22.0. The van der Waals surface area contributed by atoms with Crippen molar-refractivity contribution in [3.63, 3.8) is 0 Å². The molecule has 8 nitrogen and oxygen atoms in total. The van der Waals surface area contributed by atoms with Gasteiger partial charge in [0.05, 0.1) is 25.4 Å². The topological polar surface area (TPSA) is 88.9 Å². The van der Waals surface area contributed by atoms with Crippen LogP contribution in [-0.4, -0.2) is 55.5 Å². The monoisotopic (exact) mass is 520 g/mol. The van der Waals surface area contributed by atoms with Crippen LogP contribution in [0.1, 0.15) is 44.1 Å². The van der Waals surface area contributed by atoms with E-state index in [4.69, 9.17) is 14.0 Å². The van der Waals surface area contributed by atoms with Crippen LogP contribution in [0.15, 0.2) is 53.1 Å². The van der Waals surface area contributed by atoms with Crippen molar-refractivity contribution >= 4 is 17.5 Å². The van der Waals surface area contributed by atoms with Gasteiger partial charge in [-0.05, 0) is 42.8 Å². The molecule has 2 amide bonds. The lowest BCUT2D eigenvalue weighted by Gasteiger charge is -2.26. The molecule has 200 valence electrons. The fourth-order valence-corrected chi connectivity index (χ4v) is 3.73. The Morgan fingerprint density at radius 3 is 2.53 bits per heavy atom. The molecule has 0 radical (unpaired) electrons. The second kappa shape index (κ2) is 12.6. The molecule has 1 fully saturated rings. The SMILES string of the molecule is CC(C)(C)c1cc(NC(=O)Nc2ccc(C#Cc3ccc(OCCCN4CCOCC4)cc3F)cc2)no1. The number of urea groups is 1. The van der Waals surface area contributed by atoms with E-state index in [1.807, 2.05) is 20.8 Å². The standard InChI is InChI=1S/C29H33FN4O4/c1-29(2,3)26-20-27(33-38-26)32-28(35)31-23-10-6-21(7-11-23)5-8-22-9-12-24(19-25(22)30)37-16-4-13-34-14-17-36-18-15-34/h6-7,9-12,19-20H,4,13-18H2,1-3H3,(H2,31,32,33,35). The zero-order valence-electron chi connectivity index (χ0n) is 22.0. The average Bonchev–Trinajstić information content (AvgIpc) is 3.37. The van der Waals surface area contributed by atoms with E-state index in [0.29, 0.717) is 35.2 Å². The number of hydrogen-bond acceptors (Lipinski definition) is 6. The molecule has 1 aliphatic heterocycles. The lowest BCUT2D eigenvalue weighted by molar-refractivity contribution is 0.0358. The molecule has 0 unspecified atom stereocenters. The van der Waals surface area contributed by atoms with E-state index < -0.39 is 11.8 Å². The van der Waals surface area contributed by atoms with Crippen molar-refractivity contribution in [2.24, 2.45) is 0 Å². The third kappa shape index (κ3) is 8.07. The number of hydrogen-bond donors (Lipinski definition) is 2. The molecular formula is C29H33FN4O4.